The molecule has 6 heteroatoms. The number of rotatable bonds is 5. The molecule has 0 saturated carbocycles. The van der Waals surface area contributed by atoms with Gasteiger partial charge in [0.15, 0.2) is 0 Å². The van der Waals surface area contributed by atoms with E-state index in [0.717, 1.165) is 5.56 Å². The Morgan fingerprint density at radius 2 is 2.00 bits per heavy atom. The number of hydrogen-bond acceptors (Lipinski definition) is 4. The van der Waals surface area contributed by atoms with E-state index in [4.69, 9.17) is 0 Å². The number of anilines is 1. The van der Waals surface area contributed by atoms with Crippen LogP contribution in [0.25, 0.3) is 0 Å². The minimum absolute atomic E-state index is 0.0635. The Balaban J connectivity index is 1.96. The first-order chi connectivity index (χ1) is 9.56. The molecule has 0 atom stereocenters. The first-order valence-electron chi connectivity index (χ1n) is 6.27. The summed E-state index contributed by atoms with van der Waals surface area (Å²) in [4.78, 5) is 10.1. The third-order valence-electron chi connectivity index (χ3n) is 2.82. The molecule has 1 N–H and O–H groups in total. The highest BCUT2D eigenvalue weighted by Gasteiger charge is 2.03. The fourth-order valence-electron chi connectivity index (χ4n) is 1.67. The fourth-order valence-corrected chi connectivity index (χ4v) is 1.67. The van der Waals surface area contributed by atoms with E-state index in [-0.39, 0.29) is 5.69 Å². The van der Waals surface area contributed by atoms with Gasteiger partial charge in [0.2, 0.25) is 0 Å². The van der Waals surface area contributed by atoms with Crippen LogP contribution < -0.4 is 5.43 Å². The SMILES string of the molecule is CC(C)n1ccc(/C=N\Nc2ccc([N+](=O)[O-])cc2)c1. The highest BCUT2D eigenvalue weighted by atomic mass is 16.6. The van der Waals surface area contributed by atoms with Crippen molar-refractivity contribution in [2.75, 3.05) is 5.43 Å². The summed E-state index contributed by atoms with van der Waals surface area (Å²) in [5, 5.41) is 14.6. The summed E-state index contributed by atoms with van der Waals surface area (Å²) < 4.78 is 2.09. The predicted octanol–water partition coefficient (Wildman–Crippen LogP) is 3.42. The van der Waals surface area contributed by atoms with Crippen molar-refractivity contribution in [1.82, 2.24) is 4.57 Å². The normalized spacial score (nSPS) is 11.2. The molecule has 0 radical (unpaired) electrons. The van der Waals surface area contributed by atoms with Crippen LogP contribution in [0.3, 0.4) is 0 Å². The summed E-state index contributed by atoms with van der Waals surface area (Å²) in [6.45, 7) is 4.21. The van der Waals surface area contributed by atoms with Crippen LogP contribution in [0.5, 0.6) is 0 Å². The van der Waals surface area contributed by atoms with E-state index in [1.54, 1.807) is 18.3 Å². The summed E-state index contributed by atoms with van der Waals surface area (Å²) in [6.07, 6.45) is 5.71. The molecule has 0 aliphatic rings. The Bertz CT molecular complexity index is 614. The number of nitro benzene ring substituents is 1. The monoisotopic (exact) mass is 272 g/mol. The molecule has 0 spiro atoms. The van der Waals surface area contributed by atoms with Crippen molar-refractivity contribution in [2.45, 2.75) is 19.9 Å². The van der Waals surface area contributed by atoms with E-state index in [1.165, 1.54) is 12.1 Å². The lowest BCUT2D eigenvalue weighted by molar-refractivity contribution is -0.384. The van der Waals surface area contributed by atoms with Gasteiger partial charge in [-0.15, -0.1) is 0 Å². The number of hydrogen-bond donors (Lipinski definition) is 1. The Kier molecular flexibility index (Phi) is 4.14. The largest absolute Gasteiger partial charge is 0.351 e. The zero-order chi connectivity index (χ0) is 14.5. The zero-order valence-electron chi connectivity index (χ0n) is 11.4. The van der Waals surface area contributed by atoms with Crippen LogP contribution in [0.1, 0.15) is 25.5 Å². The van der Waals surface area contributed by atoms with E-state index in [9.17, 15) is 10.1 Å². The lowest BCUT2D eigenvalue weighted by atomic mass is 10.3. The summed E-state index contributed by atoms with van der Waals surface area (Å²) in [7, 11) is 0. The van der Waals surface area contributed by atoms with E-state index >= 15 is 0 Å². The molecule has 0 amide bonds. The number of hydrazone groups is 1. The number of aromatic nitrogens is 1. The van der Waals surface area contributed by atoms with Gasteiger partial charge in [-0.2, -0.15) is 5.10 Å². The Morgan fingerprint density at radius 1 is 1.30 bits per heavy atom. The number of nitrogens with one attached hydrogen (secondary N) is 1. The second-order valence-corrected chi connectivity index (χ2v) is 4.66. The molecule has 0 unspecified atom stereocenters. The predicted molar refractivity (Wildman–Crippen MR) is 79.1 cm³/mol. The maximum Gasteiger partial charge on any atom is 0.269 e. The first kappa shape index (κ1) is 13.8. The van der Waals surface area contributed by atoms with Gasteiger partial charge in [0.05, 0.1) is 16.8 Å². The highest BCUT2D eigenvalue weighted by molar-refractivity contribution is 5.79. The van der Waals surface area contributed by atoms with Gasteiger partial charge in [-0.05, 0) is 32.0 Å². The summed E-state index contributed by atoms with van der Waals surface area (Å²) in [5.74, 6) is 0. The Hall–Kier alpha value is -2.63. The zero-order valence-corrected chi connectivity index (χ0v) is 11.4. The molecule has 2 rings (SSSR count). The standard InChI is InChI=1S/C14H16N4O2/c1-11(2)17-8-7-12(10-17)9-15-16-13-3-5-14(6-4-13)18(19)20/h3-11,16H,1-2H3/b15-9-. The average molecular weight is 272 g/mol. The molecule has 104 valence electrons. The van der Waals surface area contributed by atoms with Crippen molar-refractivity contribution in [2.24, 2.45) is 5.10 Å². The van der Waals surface area contributed by atoms with Crippen LogP contribution in [0, 0.1) is 10.1 Å². The van der Waals surface area contributed by atoms with Crippen LogP contribution in [0.15, 0.2) is 47.8 Å². The van der Waals surface area contributed by atoms with E-state index in [0.29, 0.717) is 11.7 Å². The van der Waals surface area contributed by atoms with Crippen LogP contribution in [0.2, 0.25) is 0 Å². The quantitative estimate of drug-likeness (QED) is 0.515. The molecule has 0 aliphatic heterocycles. The fraction of sp³-hybridized carbons (Fsp3) is 0.214. The van der Waals surface area contributed by atoms with Crippen molar-refractivity contribution in [3.63, 3.8) is 0 Å². The highest BCUT2D eigenvalue weighted by Crippen LogP contribution is 2.15. The summed E-state index contributed by atoms with van der Waals surface area (Å²) in [6, 6.07) is 8.50. The third-order valence-corrected chi connectivity index (χ3v) is 2.82. The van der Waals surface area contributed by atoms with Crippen molar-refractivity contribution in [1.29, 1.82) is 0 Å². The first-order valence-corrected chi connectivity index (χ1v) is 6.27. The molecule has 1 aromatic heterocycles. The number of non-ortho nitro benzene ring substituents is 1. The Morgan fingerprint density at radius 3 is 2.55 bits per heavy atom. The molecule has 0 aliphatic carbocycles. The van der Waals surface area contributed by atoms with Crippen molar-refractivity contribution < 1.29 is 4.92 Å². The van der Waals surface area contributed by atoms with Crippen LogP contribution in [0.4, 0.5) is 11.4 Å². The van der Waals surface area contributed by atoms with Gasteiger partial charge < -0.3 is 4.57 Å². The number of nitrogens with zero attached hydrogens (tertiary/aromatic N) is 3. The van der Waals surface area contributed by atoms with Gasteiger partial charge in [0.1, 0.15) is 0 Å². The Labute approximate surface area is 116 Å². The van der Waals surface area contributed by atoms with Gasteiger partial charge in [0.25, 0.3) is 5.69 Å². The molecule has 6 nitrogen and oxygen atoms in total. The van der Waals surface area contributed by atoms with Gasteiger partial charge >= 0.3 is 0 Å². The maximum atomic E-state index is 10.5. The molecule has 0 bridgehead atoms. The molecule has 0 saturated heterocycles. The van der Waals surface area contributed by atoms with Gasteiger partial charge in [-0.25, -0.2) is 0 Å². The molecular formula is C14H16N4O2. The third kappa shape index (κ3) is 3.44. The smallest absolute Gasteiger partial charge is 0.269 e. The van der Waals surface area contributed by atoms with E-state index < -0.39 is 4.92 Å². The molecule has 0 fully saturated rings. The van der Waals surface area contributed by atoms with Crippen LogP contribution in [-0.4, -0.2) is 15.7 Å². The average Bonchev–Trinajstić information content (AvgIpc) is 2.88. The topological polar surface area (TPSA) is 72.5 Å². The lowest BCUT2D eigenvalue weighted by Gasteiger charge is -2.04. The van der Waals surface area contributed by atoms with E-state index in [2.05, 4.69) is 28.9 Å². The maximum absolute atomic E-state index is 10.5. The van der Waals surface area contributed by atoms with Crippen molar-refractivity contribution >= 4 is 17.6 Å². The summed E-state index contributed by atoms with van der Waals surface area (Å²) in [5.41, 5.74) is 4.60. The number of nitro groups is 1. The second kappa shape index (κ2) is 6.01. The second-order valence-electron chi connectivity index (χ2n) is 4.66. The van der Waals surface area contributed by atoms with Gasteiger partial charge in [-0.3, -0.25) is 15.5 Å². The molecule has 20 heavy (non-hydrogen) atoms. The molecule has 1 aromatic carbocycles. The molecule has 1 heterocycles. The molecular weight excluding hydrogens is 256 g/mol. The number of benzene rings is 1. The van der Waals surface area contributed by atoms with Crippen molar-refractivity contribution in [3.8, 4) is 0 Å². The lowest BCUT2D eigenvalue weighted by Crippen LogP contribution is -1.96. The minimum atomic E-state index is -0.429. The minimum Gasteiger partial charge on any atom is -0.351 e. The van der Waals surface area contributed by atoms with E-state index in [1.807, 2.05) is 18.5 Å². The molecule has 2 aromatic rings. The van der Waals surface area contributed by atoms with Gasteiger partial charge in [0, 0.05) is 36.1 Å². The van der Waals surface area contributed by atoms with Crippen LogP contribution >= 0.6 is 0 Å². The summed E-state index contributed by atoms with van der Waals surface area (Å²) >= 11 is 0. The van der Waals surface area contributed by atoms with Crippen LogP contribution in [-0.2, 0) is 0 Å². The van der Waals surface area contributed by atoms with Gasteiger partial charge in [-0.1, -0.05) is 0 Å². The van der Waals surface area contributed by atoms with Crippen molar-refractivity contribution in [3.05, 3.63) is 58.4 Å².